The first kappa shape index (κ1) is 16.9. The number of carbonyl (C=O) groups is 2. The van der Waals surface area contributed by atoms with Gasteiger partial charge in [0.15, 0.2) is 0 Å². The second kappa shape index (κ2) is 7.68. The van der Waals surface area contributed by atoms with Crippen molar-refractivity contribution >= 4 is 23.6 Å². The molecule has 120 valence electrons. The fraction of sp³-hybridized carbons (Fsp3) is 0.529. The summed E-state index contributed by atoms with van der Waals surface area (Å²) in [6.45, 7) is 4.09. The Morgan fingerprint density at radius 1 is 1.27 bits per heavy atom. The van der Waals surface area contributed by atoms with E-state index in [1.54, 1.807) is 11.8 Å². The van der Waals surface area contributed by atoms with E-state index in [1.807, 2.05) is 32.0 Å². The summed E-state index contributed by atoms with van der Waals surface area (Å²) >= 11 is 1.65. The molecule has 1 aliphatic carbocycles. The monoisotopic (exact) mass is 321 g/mol. The van der Waals surface area contributed by atoms with Crippen molar-refractivity contribution in [1.29, 1.82) is 0 Å². The Labute approximate surface area is 135 Å². The summed E-state index contributed by atoms with van der Waals surface area (Å²) in [5.41, 5.74) is 1.21. The average Bonchev–Trinajstić information content (AvgIpc) is 2.43. The molecular formula is C17H23NO3S. The molecule has 5 heteroatoms. The maximum Gasteiger partial charge on any atom is 0.306 e. The van der Waals surface area contributed by atoms with Crippen LogP contribution >= 0.6 is 11.8 Å². The van der Waals surface area contributed by atoms with E-state index in [2.05, 4.69) is 17.4 Å². The summed E-state index contributed by atoms with van der Waals surface area (Å²) in [6, 6.07) is 10.1. The summed E-state index contributed by atoms with van der Waals surface area (Å²) < 4.78 is 0. The van der Waals surface area contributed by atoms with Crippen molar-refractivity contribution in [2.24, 2.45) is 11.8 Å². The van der Waals surface area contributed by atoms with Gasteiger partial charge in [-0.15, -0.1) is 11.8 Å². The predicted molar refractivity (Wildman–Crippen MR) is 88.7 cm³/mol. The molecule has 2 rings (SSSR count). The molecular weight excluding hydrogens is 298 g/mol. The zero-order valence-electron chi connectivity index (χ0n) is 13.0. The zero-order chi connectivity index (χ0) is 16.1. The molecule has 1 aromatic rings. The lowest BCUT2D eigenvalue weighted by atomic mass is 9.80. The highest BCUT2D eigenvalue weighted by atomic mass is 32.2. The molecule has 1 unspecified atom stereocenters. The molecule has 0 bridgehead atoms. The third-order valence-electron chi connectivity index (χ3n) is 3.97. The number of nitrogens with one attached hydrogen (secondary N) is 1. The lowest BCUT2D eigenvalue weighted by Gasteiger charge is -2.34. The van der Waals surface area contributed by atoms with Crippen LogP contribution in [0.1, 0.15) is 32.3 Å². The van der Waals surface area contributed by atoms with E-state index in [4.69, 9.17) is 5.11 Å². The van der Waals surface area contributed by atoms with Gasteiger partial charge in [-0.25, -0.2) is 0 Å². The van der Waals surface area contributed by atoms with Gasteiger partial charge in [-0.1, -0.05) is 44.2 Å². The number of carbonyl (C=O) groups excluding carboxylic acids is 1. The van der Waals surface area contributed by atoms with E-state index < -0.39 is 5.97 Å². The number of aliphatic carboxylic acids is 1. The molecule has 1 aliphatic rings. The number of rotatable bonds is 7. The first-order chi connectivity index (χ1) is 10.5. The van der Waals surface area contributed by atoms with Gasteiger partial charge >= 0.3 is 5.97 Å². The number of hydrogen-bond acceptors (Lipinski definition) is 3. The molecule has 22 heavy (non-hydrogen) atoms. The highest BCUT2D eigenvalue weighted by Gasteiger charge is 2.36. The van der Waals surface area contributed by atoms with Gasteiger partial charge in [0.25, 0.3) is 0 Å². The minimum Gasteiger partial charge on any atom is -0.481 e. The molecule has 0 radical (unpaired) electrons. The van der Waals surface area contributed by atoms with Crippen LogP contribution < -0.4 is 5.32 Å². The van der Waals surface area contributed by atoms with Crippen molar-refractivity contribution in [3.8, 4) is 0 Å². The minimum atomic E-state index is -0.760. The molecule has 0 spiro atoms. The third-order valence-corrected chi connectivity index (χ3v) is 5.59. The molecule has 1 fully saturated rings. The van der Waals surface area contributed by atoms with Gasteiger partial charge in [0.2, 0.25) is 5.91 Å². The van der Waals surface area contributed by atoms with Gasteiger partial charge in [0.05, 0.1) is 11.2 Å². The number of benzene rings is 1. The second-order valence-corrected chi connectivity index (χ2v) is 7.30. The number of carboxylic acids is 1. The molecule has 2 N–H and O–H groups in total. The van der Waals surface area contributed by atoms with Gasteiger partial charge in [-0.05, 0) is 24.3 Å². The van der Waals surface area contributed by atoms with Gasteiger partial charge in [0.1, 0.15) is 0 Å². The minimum absolute atomic E-state index is 0.0205. The Balaban J connectivity index is 1.83. The number of thioether (sulfide) groups is 1. The van der Waals surface area contributed by atoms with Crippen LogP contribution in [0, 0.1) is 11.8 Å². The van der Waals surface area contributed by atoms with Gasteiger partial charge in [0, 0.05) is 11.8 Å². The first-order valence-corrected chi connectivity index (χ1v) is 8.71. The standard InChI is InChI=1S/C17H23NO3S/c1-11(2)15(22-10-12-6-4-3-5-7-12)16(19)18-14-8-13(9-14)17(20)21/h3-7,11,13-15H,8-10H2,1-2H3,(H,18,19)(H,20,21). The molecule has 0 saturated heterocycles. The zero-order valence-corrected chi connectivity index (χ0v) is 13.8. The van der Waals surface area contributed by atoms with Crippen molar-refractivity contribution < 1.29 is 14.7 Å². The Kier molecular flexibility index (Phi) is 5.89. The Bertz CT molecular complexity index is 512. The lowest BCUT2D eigenvalue weighted by molar-refractivity contribution is -0.146. The summed E-state index contributed by atoms with van der Waals surface area (Å²) in [5.74, 6) is 0.0254. The molecule has 0 aliphatic heterocycles. The van der Waals surface area contributed by atoms with E-state index in [9.17, 15) is 9.59 Å². The van der Waals surface area contributed by atoms with E-state index in [0.717, 1.165) is 5.75 Å². The molecule has 0 aromatic heterocycles. The largest absolute Gasteiger partial charge is 0.481 e. The second-order valence-electron chi connectivity index (χ2n) is 6.17. The molecule has 4 nitrogen and oxygen atoms in total. The van der Waals surface area contributed by atoms with Crippen LogP contribution in [-0.4, -0.2) is 28.3 Å². The van der Waals surface area contributed by atoms with Crippen LogP contribution in [-0.2, 0) is 15.3 Å². The van der Waals surface area contributed by atoms with Crippen LogP contribution in [0.2, 0.25) is 0 Å². The van der Waals surface area contributed by atoms with Crippen molar-refractivity contribution in [1.82, 2.24) is 5.32 Å². The van der Waals surface area contributed by atoms with E-state index in [1.165, 1.54) is 5.56 Å². The highest BCUT2D eigenvalue weighted by Crippen LogP contribution is 2.29. The average molecular weight is 321 g/mol. The molecule has 1 saturated carbocycles. The number of hydrogen-bond donors (Lipinski definition) is 2. The summed E-state index contributed by atoms with van der Waals surface area (Å²) in [4.78, 5) is 23.2. The fourth-order valence-electron chi connectivity index (χ4n) is 2.55. The quantitative estimate of drug-likeness (QED) is 0.810. The summed E-state index contributed by atoms with van der Waals surface area (Å²) in [6.07, 6.45) is 1.10. The van der Waals surface area contributed by atoms with E-state index in [0.29, 0.717) is 12.8 Å². The molecule has 1 amide bonds. The topological polar surface area (TPSA) is 66.4 Å². The van der Waals surface area contributed by atoms with E-state index >= 15 is 0 Å². The molecule has 0 heterocycles. The normalized spacial score (nSPS) is 22.0. The van der Waals surface area contributed by atoms with Crippen LogP contribution in [0.5, 0.6) is 0 Å². The Morgan fingerprint density at radius 2 is 1.91 bits per heavy atom. The smallest absolute Gasteiger partial charge is 0.306 e. The van der Waals surface area contributed by atoms with Crippen LogP contribution in [0.15, 0.2) is 30.3 Å². The predicted octanol–water partition coefficient (Wildman–Crippen LogP) is 2.92. The van der Waals surface area contributed by atoms with Crippen LogP contribution in [0.3, 0.4) is 0 Å². The van der Waals surface area contributed by atoms with E-state index in [-0.39, 0.29) is 29.0 Å². The van der Waals surface area contributed by atoms with Crippen molar-refractivity contribution in [3.63, 3.8) is 0 Å². The van der Waals surface area contributed by atoms with Gasteiger partial charge in [-0.3, -0.25) is 9.59 Å². The maximum atomic E-state index is 12.4. The number of carboxylic acid groups (broad SMARTS) is 1. The highest BCUT2D eigenvalue weighted by molar-refractivity contribution is 7.99. The van der Waals surface area contributed by atoms with Crippen LogP contribution in [0.4, 0.5) is 0 Å². The summed E-state index contributed by atoms with van der Waals surface area (Å²) in [7, 11) is 0. The van der Waals surface area contributed by atoms with Crippen LogP contribution in [0.25, 0.3) is 0 Å². The Hall–Kier alpha value is -1.49. The Morgan fingerprint density at radius 3 is 2.45 bits per heavy atom. The SMILES string of the molecule is CC(C)C(SCc1ccccc1)C(=O)NC1CC(C(=O)O)C1. The summed E-state index contributed by atoms with van der Waals surface area (Å²) in [5, 5.41) is 11.8. The number of amides is 1. The lowest BCUT2D eigenvalue weighted by Crippen LogP contribution is -2.49. The van der Waals surface area contributed by atoms with Gasteiger partial charge in [-0.2, -0.15) is 0 Å². The van der Waals surface area contributed by atoms with Gasteiger partial charge < -0.3 is 10.4 Å². The third kappa shape index (κ3) is 4.50. The molecule has 1 aromatic carbocycles. The van der Waals surface area contributed by atoms with Crippen molar-refractivity contribution in [2.45, 2.75) is 43.7 Å². The molecule has 1 atom stereocenters. The maximum absolute atomic E-state index is 12.4. The van der Waals surface area contributed by atoms with Crippen molar-refractivity contribution in [2.75, 3.05) is 0 Å². The van der Waals surface area contributed by atoms with Crippen molar-refractivity contribution in [3.05, 3.63) is 35.9 Å². The fourth-order valence-corrected chi connectivity index (χ4v) is 3.72. The first-order valence-electron chi connectivity index (χ1n) is 7.66.